The quantitative estimate of drug-likeness (QED) is 0.841. The molecular weight excluding hydrogens is 246 g/mol. The van der Waals surface area contributed by atoms with E-state index in [2.05, 4.69) is 11.9 Å². The van der Waals surface area contributed by atoms with E-state index in [1.807, 2.05) is 4.90 Å². The van der Waals surface area contributed by atoms with E-state index in [1.165, 1.54) is 0 Å². The average molecular weight is 263 g/mol. The summed E-state index contributed by atoms with van der Waals surface area (Å²) in [5, 5.41) is 0. The average Bonchev–Trinajstić information content (AvgIpc) is 2.86. The van der Waals surface area contributed by atoms with Gasteiger partial charge in [0, 0.05) is 24.8 Å². The highest BCUT2D eigenvalue weighted by Gasteiger charge is 2.26. The number of likely N-dealkylation sites (tertiary alicyclic amines) is 1. The number of nitrogens with two attached hydrogens (primary N) is 1. The Morgan fingerprint density at radius 2 is 2.39 bits per heavy atom. The predicted octanol–water partition coefficient (Wildman–Crippen LogP) is 1.59. The van der Waals surface area contributed by atoms with Gasteiger partial charge in [0.05, 0.1) is 0 Å². The van der Waals surface area contributed by atoms with Crippen LogP contribution >= 0.6 is 12.2 Å². The van der Waals surface area contributed by atoms with E-state index in [4.69, 9.17) is 18.0 Å². The van der Waals surface area contributed by atoms with Crippen molar-refractivity contribution in [1.82, 2.24) is 9.88 Å². The molecule has 5 heteroatoms. The molecule has 0 aromatic carbocycles. The van der Waals surface area contributed by atoms with Gasteiger partial charge in [0.1, 0.15) is 10.7 Å². The Morgan fingerprint density at radius 1 is 1.61 bits per heavy atom. The van der Waals surface area contributed by atoms with Crippen molar-refractivity contribution in [2.45, 2.75) is 19.8 Å². The molecule has 0 spiro atoms. The molecule has 4 nitrogen and oxygen atoms in total. The zero-order valence-electron chi connectivity index (χ0n) is 10.4. The van der Waals surface area contributed by atoms with E-state index in [-0.39, 0.29) is 5.91 Å². The Kier molecular flexibility index (Phi) is 3.91. The van der Waals surface area contributed by atoms with Gasteiger partial charge in [0.2, 0.25) is 0 Å². The van der Waals surface area contributed by atoms with Gasteiger partial charge in [-0.2, -0.15) is 0 Å². The van der Waals surface area contributed by atoms with Gasteiger partial charge in [-0.05, 0) is 24.5 Å². The molecule has 2 rings (SSSR count). The molecule has 1 saturated heterocycles. The molecule has 1 unspecified atom stereocenters. The van der Waals surface area contributed by atoms with Gasteiger partial charge in [0.15, 0.2) is 0 Å². The fourth-order valence-corrected chi connectivity index (χ4v) is 2.30. The fourth-order valence-electron chi connectivity index (χ4n) is 2.18. The van der Waals surface area contributed by atoms with Crippen LogP contribution in [0.25, 0.3) is 0 Å². The Morgan fingerprint density at radius 3 is 2.89 bits per heavy atom. The van der Waals surface area contributed by atoms with Crippen molar-refractivity contribution in [3.8, 4) is 0 Å². The first kappa shape index (κ1) is 13.0. The number of hydrogen-bond donors (Lipinski definition) is 1. The maximum absolute atomic E-state index is 12.2. The molecule has 1 atom stereocenters. The highest BCUT2D eigenvalue weighted by atomic mass is 32.1. The molecule has 1 aromatic rings. The maximum Gasteiger partial charge on any atom is 0.272 e. The van der Waals surface area contributed by atoms with E-state index in [9.17, 15) is 4.79 Å². The number of nitrogens with zero attached hydrogens (tertiary/aromatic N) is 2. The molecule has 1 aliphatic rings. The molecule has 1 fully saturated rings. The van der Waals surface area contributed by atoms with Crippen LogP contribution < -0.4 is 5.73 Å². The minimum atomic E-state index is 0.000407. The first-order chi connectivity index (χ1) is 8.61. The third kappa shape index (κ3) is 2.67. The molecule has 0 saturated carbocycles. The molecule has 0 aliphatic carbocycles. The first-order valence-corrected chi connectivity index (χ1v) is 6.57. The number of rotatable bonds is 3. The van der Waals surface area contributed by atoms with Crippen molar-refractivity contribution < 1.29 is 4.79 Å². The largest absolute Gasteiger partial charge is 0.389 e. The molecule has 96 valence electrons. The summed E-state index contributed by atoms with van der Waals surface area (Å²) in [4.78, 5) is 18.5. The maximum atomic E-state index is 12.2. The summed E-state index contributed by atoms with van der Waals surface area (Å²) in [5.41, 5.74) is 6.65. The fraction of sp³-hybridized carbons (Fsp3) is 0.462. The number of aromatic nitrogens is 1. The second-order valence-corrected chi connectivity index (χ2v) is 5.05. The smallest absolute Gasteiger partial charge is 0.272 e. The minimum Gasteiger partial charge on any atom is -0.389 e. The van der Waals surface area contributed by atoms with Gasteiger partial charge < -0.3 is 10.6 Å². The van der Waals surface area contributed by atoms with Crippen LogP contribution in [0, 0.1) is 5.92 Å². The van der Waals surface area contributed by atoms with Crippen molar-refractivity contribution in [3.05, 3.63) is 29.6 Å². The van der Waals surface area contributed by atoms with Crippen molar-refractivity contribution in [2.24, 2.45) is 11.7 Å². The van der Waals surface area contributed by atoms with Gasteiger partial charge in [0.25, 0.3) is 5.91 Å². The number of carbonyl (C=O) groups excluding carboxylic acids is 1. The zero-order chi connectivity index (χ0) is 13.1. The van der Waals surface area contributed by atoms with Crippen LogP contribution in [0.3, 0.4) is 0 Å². The number of pyridine rings is 1. The van der Waals surface area contributed by atoms with E-state index in [1.54, 1.807) is 18.3 Å². The normalized spacial score (nSPS) is 18.9. The lowest BCUT2D eigenvalue weighted by atomic mass is 10.1. The van der Waals surface area contributed by atoms with E-state index in [0.717, 1.165) is 25.9 Å². The van der Waals surface area contributed by atoms with Crippen LogP contribution in [0.1, 0.15) is 35.8 Å². The second kappa shape index (κ2) is 5.44. The topological polar surface area (TPSA) is 59.2 Å². The summed E-state index contributed by atoms with van der Waals surface area (Å²) in [6.07, 6.45) is 3.77. The van der Waals surface area contributed by atoms with Gasteiger partial charge in [-0.15, -0.1) is 0 Å². The van der Waals surface area contributed by atoms with Crippen LogP contribution in [-0.4, -0.2) is 33.9 Å². The van der Waals surface area contributed by atoms with Crippen molar-refractivity contribution in [2.75, 3.05) is 13.1 Å². The van der Waals surface area contributed by atoms with E-state index < -0.39 is 0 Å². The second-order valence-electron chi connectivity index (χ2n) is 4.61. The number of amides is 1. The lowest BCUT2D eigenvalue weighted by Crippen LogP contribution is -2.29. The molecule has 1 aromatic heterocycles. The molecule has 18 heavy (non-hydrogen) atoms. The molecular formula is C13H17N3OS. The van der Waals surface area contributed by atoms with Crippen molar-refractivity contribution >= 4 is 23.1 Å². The zero-order valence-corrected chi connectivity index (χ0v) is 11.2. The van der Waals surface area contributed by atoms with Crippen LogP contribution in [0.4, 0.5) is 0 Å². The summed E-state index contributed by atoms with van der Waals surface area (Å²) in [6.45, 7) is 3.83. The van der Waals surface area contributed by atoms with Gasteiger partial charge in [-0.1, -0.05) is 25.6 Å². The van der Waals surface area contributed by atoms with Crippen molar-refractivity contribution in [3.63, 3.8) is 0 Å². The summed E-state index contributed by atoms with van der Waals surface area (Å²) >= 11 is 4.85. The Labute approximate surface area is 112 Å². The Balaban J connectivity index is 2.07. The summed E-state index contributed by atoms with van der Waals surface area (Å²) in [7, 11) is 0. The molecule has 2 heterocycles. The number of carbonyl (C=O) groups is 1. The van der Waals surface area contributed by atoms with Gasteiger partial charge in [-0.3, -0.25) is 9.78 Å². The highest BCUT2D eigenvalue weighted by molar-refractivity contribution is 7.80. The van der Waals surface area contributed by atoms with Crippen LogP contribution in [-0.2, 0) is 0 Å². The van der Waals surface area contributed by atoms with E-state index in [0.29, 0.717) is 22.2 Å². The molecule has 0 radical (unpaired) electrons. The molecule has 1 aliphatic heterocycles. The summed E-state index contributed by atoms with van der Waals surface area (Å²) < 4.78 is 0. The molecule has 1 amide bonds. The standard InChI is InChI=1S/C13H17N3OS/c1-2-9-5-6-16(8-9)13(17)11-4-3-10(7-15-11)12(14)18/h3-4,7,9H,2,5-6,8H2,1H3,(H2,14,18). The summed E-state index contributed by atoms with van der Waals surface area (Å²) in [5.74, 6) is 0.630. The van der Waals surface area contributed by atoms with E-state index >= 15 is 0 Å². The third-order valence-corrected chi connectivity index (χ3v) is 3.65. The highest BCUT2D eigenvalue weighted by Crippen LogP contribution is 2.20. The van der Waals surface area contributed by atoms with Crippen molar-refractivity contribution in [1.29, 1.82) is 0 Å². The van der Waals surface area contributed by atoms with Crippen LogP contribution in [0.5, 0.6) is 0 Å². The predicted molar refractivity (Wildman–Crippen MR) is 74.4 cm³/mol. The monoisotopic (exact) mass is 263 g/mol. The van der Waals surface area contributed by atoms with Crippen LogP contribution in [0.2, 0.25) is 0 Å². The van der Waals surface area contributed by atoms with Crippen LogP contribution in [0.15, 0.2) is 18.3 Å². The molecule has 0 bridgehead atoms. The lowest BCUT2D eigenvalue weighted by Gasteiger charge is -2.15. The summed E-state index contributed by atoms with van der Waals surface area (Å²) in [6, 6.07) is 3.44. The van der Waals surface area contributed by atoms with Gasteiger partial charge in [-0.25, -0.2) is 0 Å². The Hall–Kier alpha value is -1.49. The number of thiocarbonyl (C=S) groups is 1. The molecule has 2 N–H and O–H groups in total. The Bertz CT molecular complexity index is 458. The lowest BCUT2D eigenvalue weighted by molar-refractivity contribution is 0.0781. The first-order valence-electron chi connectivity index (χ1n) is 6.17. The van der Waals surface area contributed by atoms with Gasteiger partial charge >= 0.3 is 0 Å². The number of hydrogen-bond acceptors (Lipinski definition) is 3. The SMILES string of the molecule is CCC1CCN(C(=O)c2ccc(C(N)=S)cn2)C1. The third-order valence-electron chi connectivity index (χ3n) is 3.42. The minimum absolute atomic E-state index is 0.000407.